The minimum absolute atomic E-state index is 0.216. The van der Waals surface area contributed by atoms with Gasteiger partial charge in [0, 0.05) is 6.54 Å². The van der Waals surface area contributed by atoms with E-state index >= 15 is 4.57 Å². The van der Waals surface area contributed by atoms with Gasteiger partial charge in [0.2, 0.25) is 7.37 Å². The molecule has 0 spiro atoms. The number of benzene rings is 4. The van der Waals surface area contributed by atoms with Crippen LogP contribution in [0.25, 0.3) is 0 Å². The molecule has 1 unspecified atom stereocenters. The van der Waals surface area contributed by atoms with Crippen LogP contribution in [0, 0.1) is 0 Å². The van der Waals surface area contributed by atoms with E-state index in [2.05, 4.69) is 34.9 Å². The Kier molecular flexibility index (Phi) is 7.57. The molecule has 6 heteroatoms. The van der Waals surface area contributed by atoms with Gasteiger partial charge in [0.05, 0.1) is 12.3 Å². The van der Waals surface area contributed by atoms with E-state index in [1.165, 1.54) is 0 Å². The lowest BCUT2D eigenvalue weighted by atomic mass is 9.95. The molecule has 39 heavy (non-hydrogen) atoms. The van der Waals surface area contributed by atoms with E-state index < -0.39 is 25.0 Å². The number of rotatable bonds is 8. The standard InChI is InChI=1S/C33H31N2O3P/c36-39(33(29-22-13-23-37-29)34-24-25-14-5-1-6-15-25)32(28-20-11-4-12-21-28)35-30(26-16-7-2-8-17-26)31(38-39)27-18-9-3-10-19-27/h1-23,30-35H,24H2/t30-,31+,32-,33?,39-/m0/s1. The van der Waals surface area contributed by atoms with E-state index in [4.69, 9.17) is 8.94 Å². The van der Waals surface area contributed by atoms with E-state index in [1.54, 1.807) is 6.26 Å². The van der Waals surface area contributed by atoms with E-state index in [0.717, 1.165) is 22.3 Å². The van der Waals surface area contributed by atoms with Gasteiger partial charge in [-0.3, -0.25) is 15.2 Å². The topological polar surface area (TPSA) is 63.5 Å². The van der Waals surface area contributed by atoms with Crippen molar-refractivity contribution in [1.29, 1.82) is 0 Å². The fourth-order valence-corrected chi connectivity index (χ4v) is 8.24. The lowest BCUT2D eigenvalue weighted by Gasteiger charge is -2.45. The molecule has 1 fully saturated rings. The summed E-state index contributed by atoms with van der Waals surface area (Å²) in [5.41, 5.74) is 4.03. The summed E-state index contributed by atoms with van der Waals surface area (Å²) in [6.07, 6.45) is 1.14. The molecular formula is C33H31N2O3P. The smallest absolute Gasteiger partial charge is 0.248 e. The molecule has 1 aromatic heterocycles. The molecular weight excluding hydrogens is 503 g/mol. The van der Waals surface area contributed by atoms with Crippen LogP contribution in [0.3, 0.4) is 0 Å². The van der Waals surface area contributed by atoms with Crippen molar-refractivity contribution in [2.45, 2.75) is 30.3 Å². The summed E-state index contributed by atoms with van der Waals surface area (Å²) in [6.45, 7) is 0.513. The molecule has 6 rings (SSSR count). The average Bonchev–Trinajstić information content (AvgIpc) is 3.53. The van der Waals surface area contributed by atoms with Crippen molar-refractivity contribution in [2.24, 2.45) is 0 Å². The first-order valence-electron chi connectivity index (χ1n) is 13.2. The van der Waals surface area contributed by atoms with Crippen molar-refractivity contribution in [3.63, 3.8) is 0 Å². The first-order valence-corrected chi connectivity index (χ1v) is 15.0. The lowest BCUT2D eigenvalue weighted by molar-refractivity contribution is 0.116. The quantitative estimate of drug-likeness (QED) is 0.197. The maximum absolute atomic E-state index is 15.5. The van der Waals surface area contributed by atoms with Gasteiger partial charge in [-0.1, -0.05) is 121 Å². The number of nitrogens with one attached hydrogen (secondary N) is 2. The maximum atomic E-state index is 15.5. The highest BCUT2D eigenvalue weighted by Gasteiger charge is 2.52. The van der Waals surface area contributed by atoms with Crippen LogP contribution in [-0.4, -0.2) is 0 Å². The average molecular weight is 535 g/mol. The van der Waals surface area contributed by atoms with Gasteiger partial charge in [-0.2, -0.15) is 0 Å². The summed E-state index contributed by atoms with van der Waals surface area (Å²) in [7, 11) is -3.58. The molecule has 2 heterocycles. The summed E-state index contributed by atoms with van der Waals surface area (Å²) in [6, 6.07) is 43.8. The largest absolute Gasteiger partial charge is 0.467 e. The summed E-state index contributed by atoms with van der Waals surface area (Å²) in [4.78, 5) is 0. The van der Waals surface area contributed by atoms with Crippen LogP contribution in [-0.2, 0) is 15.6 Å². The lowest BCUT2D eigenvalue weighted by Crippen LogP contribution is -2.40. The predicted octanol–water partition coefficient (Wildman–Crippen LogP) is 8.15. The van der Waals surface area contributed by atoms with E-state index in [0.29, 0.717) is 12.3 Å². The van der Waals surface area contributed by atoms with E-state index in [1.807, 2.05) is 109 Å². The van der Waals surface area contributed by atoms with Gasteiger partial charge in [0.25, 0.3) is 0 Å². The summed E-state index contributed by atoms with van der Waals surface area (Å²) < 4.78 is 28.4. The highest BCUT2D eigenvalue weighted by molar-refractivity contribution is 7.59. The first kappa shape index (κ1) is 25.5. The Morgan fingerprint density at radius 1 is 0.692 bits per heavy atom. The highest BCUT2D eigenvalue weighted by Crippen LogP contribution is 2.73. The Bertz CT molecular complexity index is 1500. The Morgan fingerprint density at radius 2 is 1.26 bits per heavy atom. The van der Waals surface area contributed by atoms with Crippen LogP contribution in [0.2, 0.25) is 0 Å². The van der Waals surface area contributed by atoms with Crippen molar-refractivity contribution in [2.75, 3.05) is 0 Å². The predicted molar refractivity (Wildman–Crippen MR) is 154 cm³/mol. The summed E-state index contributed by atoms with van der Waals surface area (Å²) >= 11 is 0. The monoisotopic (exact) mass is 534 g/mol. The molecule has 0 saturated carbocycles. The molecule has 196 valence electrons. The molecule has 0 amide bonds. The van der Waals surface area contributed by atoms with Crippen LogP contribution in [0.4, 0.5) is 0 Å². The van der Waals surface area contributed by atoms with Crippen LogP contribution in [0.1, 0.15) is 51.7 Å². The van der Waals surface area contributed by atoms with Gasteiger partial charge >= 0.3 is 0 Å². The van der Waals surface area contributed by atoms with Crippen molar-refractivity contribution >= 4 is 7.37 Å². The number of hydrogen-bond donors (Lipinski definition) is 2. The Hall–Kier alpha value is -3.73. The SMILES string of the molecule is O=[P@]1(C(NCc2ccccc2)c2ccco2)O[C@H](c2ccccc2)[C@H](c2ccccc2)N[C@@H]1c1ccccc1. The van der Waals surface area contributed by atoms with Crippen LogP contribution in [0.5, 0.6) is 0 Å². The third-order valence-electron chi connectivity index (χ3n) is 7.20. The third-order valence-corrected chi connectivity index (χ3v) is 10.1. The van der Waals surface area contributed by atoms with E-state index in [-0.39, 0.29) is 6.04 Å². The molecule has 5 nitrogen and oxygen atoms in total. The molecule has 0 bridgehead atoms. The van der Waals surface area contributed by atoms with Crippen molar-refractivity contribution in [3.8, 4) is 0 Å². The van der Waals surface area contributed by atoms with Gasteiger partial charge in [0.15, 0.2) is 0 Å². The van der Waals surface area contributed by atoms with Crippen LogP contribution < -0.4 is 10.6 Å². The second-order valence-corrected chi connectivity index (χ2v) is 12.3. The molecule has 1 aliphatic heterocycles. The molecule has 5 atom stereocenters. The minimum atomic E-state index is -3.58. The molecule has 1 aliphatic rings. The van der Waals surface area contributed by atoms with Gasteiger partial charge < -0.3 is 8.94 Å². The van der Waals surface area contributed by atoms with Crippen molar-refractivity contribution in [3.05, 3.63) is 168 Å². The van der Waals surface area contributed by atoms with Crippen LogP contribution in [0.15, 0.2) is 144 Å². The van der Waals surface area contributed by atoms with Gasteiger partial charge in [-0.05, 0) is 34.4 Å². The molecule has 4 aromatic carbocycles. The number of furan rings is 1. The fraction of sp³-hybridized carbons (Fsp3) is 0.152. The van der Waals surface area contributed by atoms with Gasteiger partial charge in [-0.25, -0.2) is 0 Å². The third kappa shape index (κ3) is 5.40. The molecule has 1 saturated heterocycles. The van der Waals surface area contributed by atoms with Crippen LogP contribution >= 0.6 is 7.37 Å². The number of hydrogen-bond acceptors (Lipinski definition) is 5. The Morgan fingerprint density at radius 3 is 1.85 bits per heavy atom. The molecule has 2 N–H and O–H groups in total. The molecule has 0 aliphatic carbocycles. The fourth-order valence-electron chi connectivity index (χ4n) is 5.30. The summed E-state index contributed by atoms with van der Waals surface area (Å²) in [5, 5.41) is 7.35. The first-order chi connectivity index (χ1) is 19.2. The van der Waals surface area contributed by atoms with E-state index in [9.17, 15) is 0 Å². The maximum Gasteiger partial charge on any atom is 0.248 e. The zero-order valence-corrected chi connectivity index (χ0v) is 22.4. The second-order valence-electron chi connectivity index (χ2n) is 9.73. The molecule has 5 aromatic rings. The summed E-state index contributed by atoms with van der Waals surface area (Å²) in [5.74, 6) is -0.655. The zero-order valence-electron chi connectivity index (χ0n) is 21.5. The van der Waals surface area contributed by atoms with Gasteiger partial charge in [0.1, 0.15) is 23.4 Å². The molecule has 0 radical (unpaired) electrons. The Balaban J connectivity index is 1.47. The second kappa shape index (κ2) is 11.6. The normalized spacial score (nSPS) is 23.7. The minimum Gasteiger partial charge on any atom is -0.467 e. The highest BCUT2D eigenvalue weighted by atomic mass is 31.2. The van der Waals surface area contributed by atoms with Gasteiger partial charge in [-0.15, -0.1) is 0 Å². The van der Waals surface area contributed by atoms with Crippen molar-refractivity contribution < 1.29 is 13.5 Å². The zero-order chi connectivity index (χ0) is 26.5. The Labute approximate surface area is 229 Å². The van der Waals surface area contributed by atoms with Crippen molar-refractivity contribution in [1.82, 2.24) is 10.6 Å².